The molecule has 0 heteroatoms. The maximum absolute atomic E-state index is 3.75. The monoisotopic (exact) mass is 528 g/mol. The summed E-state index contributed by atoms with van der Waals surface area (Å²) >= 11 is 0. The lowest BCUT2D eigenvalue weighted by Crippen LogP contribution is -2.18. The summed E-state index contributed by atoms with van der Waals surface area (Å²) in [4.78, 5) is 0. The van der Waals surface area contributed by atoms with Gasteiger partial charge in [0.05, 0.1) is 0 Å². The zero-order valence-electron chi connectivity index (χ0n) is 26.9. The fourth-order valence-electron chi connectivity index (χ4n) is 5.50. The van der Waals surface area contributed by atoms with Gasteiger partial charge in [-0.3, -0.25) is 0 Å². The van der Waals surface area contributed by atoms with Gasteiger partial charge in [-0.2, -0.15) is 0 Å². The van der Waals surface area contributed by atoms with E-state index < -0.39 is 0 Å². The van der Waals surface area contributed by atoms with E-state index in [-0.39, 0.29) is 21.7 Å². The third kappa shape index (κ3) is 6.12. The molecule has 0 unspecified atom stereocenters. The summed E-state index contributed by atoms with van der Waals surface area (Å²) in [5.74, 6) is 0. The molecule has 0 bridgehead atoms. The highest BCUT2D eigenvalue weighted by atomic mass is 14.3. The number of hydrogen-bond donors (Lipinski definition) is 0. The van der Waals surface area contributed by atoms with Crippen molar-refractivity contribution < 1.29 is 0 Å². The molecule has 0 aliphatic heterocycles. The highest BCUT2D eigenvalue weighted by Gasteiger charge is 2.28. The molecule has 0 aliphatic carbocycles. The van der Waals surface area contributed by atoms with Crippen molar-refractivity contribution in [2.75, 3.05) is 0 Å². The topological polar surface area (TPSA) is 0 Å². The first-order valence-electron chi connectivity index (χ1n) is 14.7. The Bertz CT molecular complexity index is 1490. The van der Waals surface area contributed by atoms with Crippen LogP contribution in [0.4, 0.5) is 0 Å². The van der Waals surface area contributed by atoms with Crippen LogP contribution in [-0.4, -0.2) is 0 Å². The Morgan fingerprint density at radius 3 is 1.40 bits per heavy atom. The summed E-state index contributed by atoms with van der Waals surface area (Å²) in [7, 11) is 0. The van der Waals surface area contributed by atoms with Crippen LogP contribution >= 0.6 is 0 Å². The van der Waals surface area contributed by atoms with Gasteiger partial charge in [-0.05, 0) is 89.4 Å². The molecule has 0 atom stereocenters. The third-order valence-corrected chi connectivity index (χ3v) is 7.95. The molecule has 208 valence electrons. The van der Waals surface area contributed by atoms with Crippen molar-refractivity contribution in [3.8, 4) is 33.4 Å². The van der Waals surface area contributed by atoms with Gasteiger partial charge >= 0.3 is 0 Å². The van der Waals surface area contributed by atoms with Crippen molar-refractivity contribution in [3.63, 3.8) is 0 Å². The zero-order chi connectivity index (χ0) is 29.7. The van der Waals surface area contributed by atoms with Gasteiger partial charge < -0.3 is 0 Å². The zero-order valence-corrected chi connectivity index (χ0v) is 26.9. The summed E-state index contributed by atoms with van der Waals surface area (Å²) < 4.78 is 0. The van der Waals surface area contributed by atoms with Gasteiger partial charge in [0.15, 0.2) is 0 Å². The molecule has 0 saturated carbocycles. The number of hydrogen-bond acceptors (Lipinski definition) is 0. The summed E-state index contributed by atoms with van der Waals surface area (Å²) in [5.41, 5.74) is 13.0. The molecule has 0 saturated heterocycles. The molecule has 0 heterocycles. The van der Waals surface area contributed by atoms with E-state index in [9.17, 15) is 0 Å². The second-order valence-electron chi connectivity index (χ2n) is 15.5. The largest absolute Gasteiger partial charge is 0.0579 e. The molecular formula is C40H48. The maximum Gasteiger partial charge on any atom is -0.00173 e. The molecular weight excluding hydrogens is 480 g/mol. The van der Waals surface area contributed by atoms with Crippen LogP contribution < -0.4 is 0 Å². The van der Waals surface area contributed by atoms with Crippen LogP contribution in [0.15, 0.2) is 72.8 Å². The van der Waals surface area contributed by atoms with Crippen molar-refractivity contribution in [2.24, 2.45) is 0 Å². The van der Waals surface area contributed by atoms with Gasteiger partial charge in [-0.15, -0.1) is 0 Å². The number of rotatable bonds is 3. The molecule has 4 rings (SSSR count). The molecule has 0 amide bonds. The van der Waals surface area contributed by atoms with Crippen LogP contribution in [0, 0.1) is 12.1 Å². The molecule has 0 aromatic heterocycles. The fourth-order valence-corrected chi connectivity index (χ4v) is 5.50. The van der Waals surface area contributed by atoms with Gasteiger partial charge in [0, 0.05) is 0 Å². The van der Waals surface area contributed by atoms with Crippen LogP contribution in [0.3, 0.4) is 0 Å². The van der Waals surface area contributed by atoms with Gasteiger partial charge in [0.1, 0.15) is 0 Å². The predicted molar refractivity (Wildman–Crippen MR) is 175 cm³/mol. The van der Waals surface area contributed by atoms with Crippen LogP contribution in [0.2, 0.25) is 0 Å². The second kappa shape index (κ2) is 10.4. The summed E-state index contributed by atoms with van der Waals surface area (Å²) in [6, 6.07) is 33.9. The minimum atomic E-state index is -0.0333. The molecule has 0 fully saturated rings. The average Bonchev–Trinajstić information content (AvgIpc) is 2.86. The highest BCUT2D eigenvalue weighted by Crippen LogP contribution is 2.47. The van der Waals surface area contributed by atoms with E-state index in [4.69, 9.17) is 0 Å². The lowest BCUT2D eigenvalue weighted by molar-refractivity contribution is 0.568. The summed E-state index contributed by atoms with van der Waals surface area (Å²) in [5, 5.41) is 0. The normalized spacial score (nSPS) is 13.0. The van der Waals surface area contributed by atoms with Crippen LogP contribution in [-0.2, 0) is 21.7 Å². The molecule has 0 N–H and O–H groups in total. The van der Waals surface area contributed by atoms with Gasteiger partial charge in [-0.25, -0.2) is 0 Å². The quantitative estimate of drug-likeness (QED) is 0.248. The van der Waals surface area contributed by atoms with Crippen LogP contribution in [0.5, 0.6) is 0 Å². The van der Waals surface area contributed by atoms with E-state index in [2.05, 4.69) is 156 Å². The Kier molecular flexibility index (Phi) is 7.74. The minimum Gasteiger partial charge on any atom is -0.0579 e. The van der Waals surface area contributed by atoms with E-state index in [1.165, 1.54) is 55.6 Å². The van der Waals surface area contributed by atoms with E-state index >= 15 is 0 Å². The third-order valence-electron chi connectivity index (χ3n) is 7.95. The van der Waals surface area contributed by atoms with Crippen molar-refractivity contribution in [1.29, 1.82) is 0 Å². The molecule has 0 aliphatic rings. The SMILES string of the molecule is CC(C)(C)c1ccc(-c2[c]ccc(-c3cc[c]cc3)c2-c2ccc(C(C)(C)C)cc2C(C)(C)C)c(C(C)(C)C)c1. The first-order chi connectivity index (χ1) is 18.4. The first kappa shape index (κ1) is 29.9. The minimum absolute atomic E-state index is 0.0254. The summed E-state index contributed by atoms with van der Waals surface area (Å²) in [6.07, 6.45) is 0. The predicted octanol–water partition coefficient (Wildman–Crippen LogP) is 11.5. The standard InChI is InChI=1S/C40H48/c1-37(2,3)28-21-23-31(34(25-28)39(7,8)9)32-20-16-19-30(27-17-14-13-15-18-27)36(32)33-24-22-29(38(4,5)6)26-35(33)40(10,11)12/h14-19,21-26H,1-12H3. The van der Waals surface area contributed by atoms with Gasteiger partial charge in [0.25, 0.3) is 0 Å². The van der Waals surface area contributed by atoms with Gasteiger partial charge in [0.2, 0.25) is 0 Å². The molecule has 40 heavy (non-hydrogen) atoms. The Hall–Kier alpha value is -3.12. The maximum atomic E-state index is 3.75. The summed E-state index contributed by atoms with van der Waals surface area (Å²) in [6.45, 7) is 27.8. The van der Waals surface area contributed by atoms with E-state index in [1.54, 1.807) is 0 Å². The highest BCUT2D eigenvalue weighted by molar-refractivity contribution is 5.96. The smallest absolute Gasteiger partial charge is 0.00173 e. The molecule has 4 aromatic carbocycles. The number of benzene rings is 4. The lowest BCUT2D eigenvalue weighted by atomic mass is 9.73. The first-order valence-corrected chi connectivity index (χ1v) is 14.7. The van der Waals surface area contributed by atoms with Gasteiger partial charge in [-0.1, -0.05) is 156 Å². The Balaban J connectivity index is 2.16. The molecule has 0 nitrogen and oxygen atoms in total. The van der Waals surface area contributed by atoms with E-state index in [1.807, 2.05) is 12.1 Å². The van der Waals surface area contributed by atoms with Crippen LogP contribution in [0.25, 0.3) is 33.4 Å². The Morgan fingerprint density at radius 2 is 0.925 bits per heavy atom. The van der Waals surface area contributed by atoms with Crippen molar-refractivity contribution in [1.82, 2.24) is 0 Å². The van der Waals surface area contributed by atoms with Crippen molar-refractivity contribution in [3.05, 3.63) is 107 Å². The second-order valence-corrected chi connectivity index (χ2v) is 15.5. The fraction of sp³-hybridized carbons (Fsp3) is 0.400. The Labute approximate surface area is 244 Å². The van der Waals surface area contributed by atoms with Crippen molar-refractivity contribution >= 4 is 0 Å². The molecule has 4 aromatic rings. The average molecular weight is 529 g/mol. The molecule has 0 spiro atoms. The van der Waals surface area contributed by atoms with Crippen molar-refractivity contribution in [2.45, 2.75) is 105 Å². The van der Waals surface area contributed by atoms with Crippen LogP contribution in [0.1, 0.15) is 105 Å². The lowest BCUT2D eigenvalue weighted by Gasteiger charge is -2.31. The van der Waals surface area contributed by atoms with E-state index in [0.717, 1.165) is 0 Å². The van der Waals surface area contributed by atoms with E-state index in [0.29, 0.717) is 0 Å². The Morgan fingerprint density at radius 1 is 0.450 bits per heavy atom. The molecule has 2 radical (unpaired) electrons.